The van der Waals surface area contributed by atoms with Crippen LogP contribution in [0.2, 0.25) is 0 Å². The summed E-state index contributed by atoms with van der Waals surface area (Å²) in [6.07, 6.45) is 1.74. The SMILES string of the molecule is CC(C)c1ccc(NC(=O)c2cn(Cc3ccccc3)nc2OCc2ccccc2)cc1. The van der Waals surface area contributed by atoms with Gasteiger partial charge < -0.3 is 10.1 Å². The number of aromatic nitrogens is 2. The fraction of sp³-hybridized carbons (Fsp3) is 0.185. The van der Waals surface area contributed by atoms with Gasteiger partial charge in [0.15, 0.2) is 0 Å². The Bertz CT molecular complexity index is 1150. The summed E-state index contributed by atoms with van der Waals surface area (Å²) in [5, 5.41) is 7.52. The molecule has 1 heterocycles. The van der Waals surface area contributed by atoms with Gasteiger partial charge in [-0.2, -0.15) is 0 Å². The molecular weight excluding hydrogens is 398 g/mol. The standard InChI is InChI=1S/C27H27N3O2/c1-20(2)23-13-15-24(16-14-23)28-26(31)25-18-30(17-21-9-5-3-6-10-21)29-27(25)32-19-22-11-7-4-8-12-22/h3-16,18,20H,17,19H2,1-2H3,(H,28,31). The molecule has 0 saturated heterocycles. The smallest absolute Gasteiger partial charge is 0.262 e. The van der Waals surface area contributed by atoms with Crippen LogP contribution in [0, 0.1) is 0 Å². The molecule has 0 saturated carbocycles. The lowest BCUT2D eigenvalue weighted by Crippen LogP contribution is -2.13. The summed E-state index contributed by atoms with van der Waals surface area (Å²) in [5.74, 6) is 0.514. The number of carbonyl (C=O) groups is 1. The van der Waals surface area contributed by atoms with E-state index < -0.39 is 0 Å². The number of benzene rings is 3. The molecule has 162 valence electrons. The first-order chi connectivity index (χ1) is 15.6. The van der Waals surface area contributed by atoms with Crippen molar-refractivity contribution in [2.75, 3.05) is 5.32 Å². The summed E-state index contributed by atoms with van der Waals surface area (Å²) in [7, 11) is 0. The Morgan fingerprint density at radius 1 is 0.906 bits per heavy atom. The number of nitrogens with one attached hydrogen (secondary N) is 1. The minimum atomic E-state index is -0.246. The third-order valence-corrected chi connectivity index (χ3v) is 5.21. The Morgan fingerprint density at radius 2 is 1.53 bits per heavy atom. The number of hydrogen-bond donors (Lipinski definition) is 1. The van der Waals surface area contributed by atoms with E-state index in [1.54, 1.807) is 10.9 Å². The molecule has 0 atom stereocenters. The van der Waals surface area contributed by atoms with Crippen molar-refractivity contribution in [3.05, 3.63) is 113 Å². The lowest BCUT2D eigenvalue weighted by atomic mass is 10.0. The van der Waals surface area contributed by atoms with Crippen molar-refractivity contribution in [2.45, 2.75) is 32.9 Å². The first kappa shape index (κ1) is 21.4. The molecule has 5 heteroatoms. The fourth-order valence-electron chi connectivity index (χ4n) is 3.39. The molecule has 5 nitrogen and oxygen atoms in total. The molecule has 1 amide bonds. The molecule has 0 fully saturated rings. The number of carbonyl (C=O) groups excluding carboxylic acids is 1. The number of nitrogens with zero attached hydrogens (tertiary/aromatic N) is 2. The van der Waals surface area contributed by atoms with Crippen LogP contribution in [0.1, 0.15) is 46.8 Å². The molecular formula is C27H27N3O2. The zero-order chi connectivity index (χ0) is 22.3. The summed E-state index contributed by atoms with van der Waals surface area (Å²) in [4.78, 5) is 13.1. The Morgan fingerprint density at radius 3 is 2.16 bits per heavy atom. The Labute approximate surface area is 188 Å². The van der Waals surface area contributed by atoms with Gasteiger partial charge in [0.2, 0.25) is 5.88 Å². The van der Waals surface area contributed by atoms with E-state index in [2.05, 4.69) is 24.3 Å². The zero-order valence-electron chi connectivity index (χ0n) is 18.4. The Kier molecular flexibility index (Phi) is 6.66. The molecule has 1 aromatic heterocycles. The van der Waals surface area contributed by atoms with Crippen molar-refractivity contribution in [1.82, 2.24) is 9.78 Å². The number of amides is 1. The highest BCUT2D eigenvalue weighted by Gasteiger charge is 2.19. The second-order valence-electron chi connectivity index (χ2n) is 8.04. The van der Waals surface area contributed by atoms with Crippen LogP contribution in [0.15, 0.2) is 91.1 Å². The number of anilines is 1. The molecule has 4 rings (SSSR count). The maximum Gasteiger partial charge on any atom is 0.262 e. The van der Waals surface area contributed by atoms with Crippen molar-refractivity contribution in [1.29, 1.82) is 0 Å². The van der Waals surface area contributed by atoms with Crippen LogP contribution in [0.4, 0.5) is 5.69 Å². The summed E-state index contributed by atoms with van der Waals surface area (Å²) in [5.41, 5.74) is 4.49. The minimum Gasteiger partial charge on any atom is -0.471 e. The fourth-order valence-corrected chi connectivity index (χ4v) is 3.39. The number of ether oxygens (including phenoxy) is 1. The highest BCUT2D eigenvalue weighted by Crippen LogP contribution is 2.22. The van der Waals surface area contributed by atoms with Crippen LogP contribution in [0.25, 0.3) is 0 Å². The van der Waals surface area contributed by atoms with E-state index in [9.17, 15) is 4.79 Å². The topological polar surface area (TPSA) is 56.2 Å². The number of rotatable bonds is 8. The van der Waals surface area contributed by atoms with E-state index in [0.29, 0.717) is 30.5 Å². The summed E-state index contributed by atoms with van der Waals surface area (Å²) >= 11 is 0. The normalized spacial score (nSPS) is 10.8. The van der Waals surface area contributed by atoms with Crippen LogP contribution in [0.5, 0.6) is 5.88 Å². The molecule has 0 spiro atoms. The molecule has 3 aromatic carbocycles. The van der Waals surface area contributed by atoms with E-state index in [1.165, 1.54) is 5.56 Å². The average Bonchev–Trinajstić information content (AvgIpc) is 3.22. The molecule has 0 radical (unpaired) electrons. The molecule has 0 aliphatic carbocycles. The molecule has 0 aliphatic rings. The van der Waals surface area contributed by atoms with Crippen molar-refractivity contribution in [2.24, 2.45) is 0 Å². The van der Waals surface area contributed by atoms with E-state index in [-0.39, 0.29) is 5.91 Å². The van der Waals surface area contributed by atoms with E-state index in [4.69, 9.17) is 4.74 Å². The quantitative estimate of drug-likeness (QED) is 0.383. The zero-order valence-corrected chi connectivity index (χ0v) is 18.4. The first-order valence-corrected chi connectivity index (χ1v) is 10.8. The molecule has 4 aromatic rings. The maximum atomic E-state index is 13.1. The lowest BCUT2D eigenvalue weighted by molar-refractivity contribution is 0.102. The molecule has 0 bridgehead atoms. The van der Waals surface area contributed by atoms with Crippen molar-refractivity contribution in [3.8, 4) is 5.88 Å². The van der Waals surface area contributed by atoms with Crippen molar-refractivity contribution in [3.63, 3.8) is 0 Å². The van der Waals surface area contributed by atoms with Gasteiger partial charge in [-0.3, -0.25) is 9.48 Å². The van der Waals surface area contributed by atoms with Gasteiger partial charge in [0, 0.05) is 11.9 Å². The predicted octanol–water partition coefficient (Wildman–Crippen LogP) is 5.89. The monoisotopic (exact) mass is 425 g/mol. The van der Waals surface area contributed by atoms with Crippen molar-refractivity contribution >= 4 is 11.6 Å². The average molecular weight is 426 g/mol. The third-order valence-electron chi connectivity index (χ3n) is 5.21. The Hall–Kier alpha value is -3.86. The van der Waals surface area contributed by atoms with Crippen LogP contribution in [-0.4, -0.2) is 15.7 Å². The highest BCUT2D eigenvalue weighted by molar-refractivity contribution is 6.05. The summed E-state index contributed by atoms with van der Waals surface area (Å²) in [6.45, 7) is 5.18. The predicted molar refractivity (Wildman–Crippen MR) is 127 cm³/mol. The summed E-state index contributed by atoms with van der Waals surface area (Å²) in [6, 6.07) is 27.8. The van der Waals surface area contributed by atoms with E-state index in [0.717, 1.165) is 16.8 Å². The molecule has 0 aliphatic heterocycles. The van der Waals surface area contributed by atoms with Crippen LogP contribution in [-0.2, 0) is 13.2 Å². The minimum absolute atomic E-state index is 0.246. The first-order valence-electron chi connectivity index (χ1n) is 10.8. The molecule has 32 heavy (non-hydrogen) atoms. The van der Waals surface area contributed by atoms with Gasteiger partial charge in [0.25, 0.3) is 5.91 Å². The van der Waals surface area contributed by atoms with E-state index >= 15 is 0 Å². The maximum absolute atomic E-state index is 13.1. The van der Waals surface area contributed by atoms with Gasteiger partial charge in [0.1, 0.15) is 12.2 Å². The highest BCUT2D eigenvalue weighted by atomic mass is 16.5. The molecule has 0 unspecified atom stereocenters. The second kappa shape index (κ2) is 9.96. The van der Waals surface area contributed by atoms with Gasteiger partial charge in [-0.15, -0.1) is 5.10 Å². The number of hydrogen-bond acceptors (Lipinski definition) is 3. The van der Waals surface area contributed by atoms with Crippen LogP contribution < -0.4 is 10.1 Å². The van der Waals surface area contributed by atoms with Gasteiger partial charge in [-0.25, -0.2) is 0 Å². The summed E-state index contributed by atoms with van der Waals surface area (Å²) < 4.78 is 7.70. The van der Waals surface area contributed by atoms with Crippen LogP contribution >= 0.6 is 0 Å². The van der Waals surface area contributed by atoms with Gasteiger partial charge in [-0.05, 0) is 34.7 Å². The van der Waals surface area contributed by atoms with Crippen LogP contribution in [0.3, 0.4) is 0 Å². The lowest BCUT2D eigenvalue weighted by Gasteiger charge is -2.09. The van der Waals surface area contributed by atoms with Crippen molar-refractivity contribution < 1.29 is 9.53 Å². The molecule has 1 N–H and O–H groups in total. The van der Waals surface area contributed by atoms with Gasteiger partial charge in [-0.1, -0.05) is 86.6 Å². The van der Waals surface area contributed by atoms with Gasteiger partial charge in [0.05, 0.1) is 6.54 Å². The van der Waals surface area contributed by atoms with E-state index in [1.807, 2.05) is 84.9 Å². The largest absolute Gasteiger partial charge is 0.471 e. The second-order valence-corrected chi connectivity index (χ2v) is 8.04. The third kappa shape index (κ3) is 5.43. The van der Waals surface area contributed by atoms with Gasteiger partial charge >= 0.3 is 0 Å². The Balaban J connectivity index is 1.55.